The minimum Gasteiger partial charge on any atom is -0.315 e. The summed E-state index contributed by atoms with van der Waals surface area (Å²) in [6, 6.07) is 4.77. The molecule has 0 spiro atoms. The molecule has 0 saturated carbocycles. The third-order valence-corrected chi connectivity index (χ3v) is 4.72. The molecule has 1 aliphatic heterocycles. The molecule has 0 aliphatic carbocycles. The van der Waals surface area contributed by atoms with Gasteiger partial charge in [-0.2, -0.15) is 0 Å². The summed E-state index contributed by atoms with van der Waals surface area (Å²) in [6.45, 7) is 3.28. The average molecular weight is 275 g/mol. The maximum Gasteiger partial charge on any atom is 0.241 e. The number of rotatable bonds is 3. The second-order valence-corrected chi connectivity index (χ2v) is 6.34. The van der Waals surface area contributed by atoms with Crippen LogP contribution in [0.15, 0.2) is 23.1 Å². The van der Waals surface area contributed by atoms with Crippen molar-refractivity contribution in [2.45, 2.75) is 24.3 Å². The van der Waals surface area contributed by atoms with E-state index in [1.54, 1.807) is 25.1 Å². The van der Waals surface area contributed by atoms with Gasteiger partial charge in [0.2, 0.25) is 10.0 Å². The van der Waals surface area contributed by atoms with Crippen LogP contribution in [0.25, 0.3) is 0 Å². The zero-order valence-corrected chi connectivity index (χ0v) is 11.1. The molecule has 1 aromatic rings. The summed E-state index contributed by atoms with van der Waals surface area (Å²) >= 11 is 5.81. The molecule has 1 aliphatic rings. The van der Waals surface area contributed by atoms with Crippen LogP contribution >= 0.6 is 11.6 Å². The summed E-state index contributed by atoms with van der Waals surface area (Å²) in [4.78, 5) is 0.300. The van der Waals surface area contributed by atoms with Crippen molar-refractivity contribution in [1.29, 1.82) is 0 Å². The lowest BCUT2D eigenvalue weighted by Crippen LogP contribution is -2.36. The predicted octanol–water partition coefficient (Wildman–Crippen LogP) is 1.29. The van der Waals surface area contributed by atoms with Crippen molar-refractivity contribution in [2.24, 2.45) is 0 Å². The van der Waals surface area contributed by atoms with Crippen LogP contribution in [-0.2, 0) is 10.0 Å². The first-order valence-corrected chi connectivity index (χ1v) is 7.34. The van der Waals surface area contributed by atoms with Gasteiger partial charge in [0.25, 0.3) is 0 Å². The normalized spacial score (nSPS) is 20.7. The fourth-order valence-electron chi connectivity index (χ4n) is 1.95. The Labute approximate surface area is 106 Å². The van der Waals surface area contributed by atoms with Gasteiger partial charge < -0.3 is 5.32 Å². The second kappa shape index (κ2) is 4.94. The average Bonchev–Trinajstić information content (AvgIpc) is 2.68. The minimum atomic E-state index is -3.44. The first-order valence-electron chi connectivity index (χ1n) is 5.48. The van der Waals surface area contributed by atoms with Gasteiger partial charge in [0.15, 0.2) is 0 Å². The zero-order chi connectivity index (χ0) is 12.5. The summed E-state index contributed by atoms with van der Waals surface area (Å²) in [5.41, 5.74) is 0.663. The fourth-order valence-corrected chi connectivity index (χ4v) is 3.68. The van der Waals surface area contributed by atoms with Crippen molar-refractivity contribution in [3.63, 3.8) is 0 Å². The van der Waals surface area contributed by atoms with E-state index in [4.69, 9.17) is 11.6 Å². The Balaban J connectivity index is 2.24. The van der Waals surface area contributed by atoms with E-state index in [0.29, 0.717) is 22.0 Å². The number of aryl methyl sites for hydroxylation is 1. The highest BCUT2D eigenvalue weighted by atomic mass is 35.5. The Kier molecular flexibility index (Phi) is 3.73. The number of sulfonamides is 1. The van der Waals surface area contributed by atoms with Gasteiger partial charge in [-0.15, -0.1) is 0 Å². The number of nitrogens with one attached hydrogen (secondary N) is 2. The Morgan fingerprint density at radius 2 is 2.24 bits per heavy atom. The molecule has 94 valence electrons. The summed E-state index contributed by atoms with van der Waals surface area (Å²) in [5, 5.41) is 3.67. The maximum atomic E-state index is 12.1. The summed E-state index contributed by atoms with van der Waals surface area (Å²) in [6.07, 6.45) is 0.825. The molecule has 2 N–H and O–H groups in total. The van der Waals surface area contributed by atoms with Gasteiger partial charge in [-0.3, -0.25) is 0 Å². The van der Waals surface area contributed by atoms with Gasteiger partial charge in [-0.25, -0.2) is 13.1 Å². The summed E-state index contributed by atoms with van der Waals surface area (Å²) in [5.74, 6) is 0. The van der Waals surface area contributed by atoms with Gasteiger partial charge in [0, 0.05) is 17.6 Å². The quantitative estimate of drug-likeness (QED) is 0.873. The predicted molar refractivity (Wildman–Crippen MR) is 67.8 cm³/mol. The maximum absolute atomic E-state index is 12.1. The Morgan fingerprint density at radius 3 is 2.82 bits per heavy atom. The topological polar surface area (TPSA) is 58.2 Å². The van der Waals surface area contributed by atoms with E-state index in [9.17, 15) is 8.42 Å². The molecular weight excluding hydrogens is 260 g/mol. The van der Waals surface area contributed by atoms with E-state index in [-0.39, 0.29) is 6.04 Å². The number of hydrogen-bond acceptors (Lipinski definition) is 3. The largest absolute Gasteiger partial charge is 0.315 e. The van der Waals surface area contributed by atoms with Crippen molar-refractivity contribution in [3.8, 4) is 0 Å². The Bertz CT molecular complexity index is 510. The molecule has 0 radical (unpaired) electrons. The third-order valence-electron chi connectivity index (χ3n) is 2.81. The fraction of sp³-hybridized carbons (Fsp3) is 0.455. The molecule has 1 heterocycles. The van der Waals surface area contributed by atoms with E-state index in [0.717, 1.165) is 13.0 Å². The molecule has 1 aromatic carbocycles. The lowest BCUT2D eigenvalue weighted by Gasteiger charge is -2.13. The van der Waals surface area contributed by atoms with E-state index in [1.165, 1.54) is 0 Å². The SMILES string of the molecule is Cc1cc(Cl)ccc1S(=O)(=O)N[C@@H]1CCNC1. The first kappa shape index (κ1) is 12.8. The van der Waals surface area contributed by atoms with Gasteiger partial charge >= 0.3 is 0 Å². The van der Waals surface area contributed by atoms with Crippen molar-refractivity contribution in [1.82, 2.24) is 10.0 Å². The standard InChI is InChI=1S/C11H15ClN2O2S/c1-8-6-9(12)2-3-11(8)17(15,16)14-10-4-5-13-7-10/h2-3,6,10,13-14H,4-5,7H2,1H3/t10-/m1/s1. The van der Waals surface area contributed by atoms with E-state index >= 15 is 0 Å². The summed E-state index contributed by atoms with van der Waals surface area (Å²) in [7, 11) is -3.44. The number of benzene rings is 1. The highest BCUT2D eigenvalue weighted by molar-refractivity contribution is 7.89. The second-order valence-electron chi connectivity index (χ2n) is 4.22. The van der Waals surface area contributed by atoms with Gasteiger partial charge in [0.05, 0.1) is 4.90 Å². The third kappa shape index (κ3) is 2.98. The van der Waals surface area contributed by atoms with Gasteiger partial charge in [-0.1, -0.05) is 11.6 Å². The lowest BCUT2D eigenvalue weighted by molar-refractivity contribution is 0.559. The molecule has 1 fully saturated rings. The monoisotopic (exact) mass is 274 g/mol. The van der Waals surface area contributed by atoms with Gasteiger partial charge in [0.1, 0.15) is 0 Å². The molecule has 0 bridgehead atoms. The van der Waals surface area contributed by atoms with Crippen LogP contribution in [0.1, 0.15) is 12.0 Å². The van der Waals surface area contributed by atoms with Crippen LogP contribution in [0.5, 0.6) is 0 Å². The van der Waals surface area contributed by atoms with Crippen LogP contribution in [0.4, 0.5) is 0 Å². The molecule has 1 saturated heterocycles. The molecule has 17 heavy (non-hydrogen) atoms. The van der Waals surface area contributed by atoms with Crippen LogP contribution in [-0.4, -0.2) is 27.5 Å². The van der Waals surface area contributed by atoms with Crippen LogP contribution in [0, 0.1) is 6.92 Å². The smallest absolute Gasteiger partial charge is 0.241 e. The first-order chi connectivity index (χ1) is 7.99. The zero-order valence-electron chi connectivity index (χ0n) is 9.53. The van der Waals surface area contributed by atoms with Crippen molar-refractivity contribution < 1.29 is 8.42 Å². The molecule has 2 rings (SSSR count). The van der Waals surface area contributed by atoms with E-state index < -0.39 is 10.0 Å². The van der Waals surface area contributed by atoms with E-state index in [1.807, 2.05) is 0 Å². The van der Waals surface area contributed by atoms with Crippen LogP contribution < -0.4 is 10.0 Å². The number of halogens is 1. The Morgan fingerprint density at radius 1 is 1.47 bits per heavy atom. The van der Waals surface area contributed by atoms with E-state index in [2.05, 4.69) is 10.0 Å². The highest BCUT2D eigenvalue weighted by Crippen LogP contribution is 2.20. The number of hydrogen-bond donors (Lipinski definition) is 2. The van der Waals surface area contributed by atoms with Crippen molar-refractivity contribution >= 4 is 21.6 Å². The molecule has 1 atom stereocenters. The van der Waals surface area contributed by atoms with Crippen LogP contribution in [0.3, 0.4) is 0 Å². The van der Waals surface area contributed by atoms with Crippen molar-refractivity contribution in [2.75, 3.05) is 13.1 Å². The van der Waals surface area contributed by atoms with Crippen LogP contribution in [0.2, 0.25) is 5.02 Å². The molecule has 0 amide bonds. The van der Waals surface area contributed by atoms with Crippen molar-refractivity contribution in [3.05, 3.63) is 28.8 Å². The molecule has 4 nitrogen and oxygen atoms in total. The summed E-state index contributed by atoms with van der Waals surface area (Å²) < 4.78 is 27.0. The van der Waals surface area contributed by atoms with Gasteiger partial charge in [-0.05, 0) is 43.7 Å². The molecule has 0 unspecified atom stereocenters. The molecule has 6 heteroatoms. The highest BCUT2D eigenvalue weighted by Gasteiger charge is 2.23. The Hall–Kier alpha value is -0.620. The molecule has 0 aromatic heterocycles. The lowest BCUT2D eigenvalue weighted by atomic mass is 10.2. The molecular formula is C11H15ClN2O2S. The minimum absolute atomic E-state index is 0.0184.